The molecule has 2 atom stereocenters. The van der Waals surface area contributed by atoms with E-state index in [9.17, 15) is 4.39 Å². The fourth-order valence-corrected chi connectivity index (χ4v) is 4.07. The van der Waals surface area contributed by atoms with Gasteiger partial charge in [0.05, 0.1) is 14.6 Å². The molecule has 0 spiro atoms. The number of H-pyrrole nitrogens is 1. The number of aromatic nitrogens is 2. The molecule has 3 rings (SSSR count). The summed E-state index contributed by atoms with van der Waals surface area (Å²) in [7, 11) is 0. The van der Waals surface area contributed by atoms with Crippen LogP contribution in [0.2, 0.25) is 0 Å². The predicted molar refractivity (Wildman–Crippen MR) is 90.9 cm³/mol. The van der Waals surface area contributed by atoms with E-state index in [1.807, 2.05) is 28.7 Å². The smallest absolute Gasteiger partial charge is 0.178 e. The Kier molecular flexibility index (Phi) is 4.17. The summed E-state index contributed by atoms with van der Waals surface area (Å²) in [4.78, 5) is 3.20. The number of hydrogen-bond acceptors (Lipinski definition) is 1. The molecule has 2 unspecified atom stereocenters. The molecule has 1 aromatic heterocycles. The van der Waals surface area contributed by atoms with E-state index >= 15 is 0 Å². The van der Waals surface area contributed by atoms with Crippen LogP contribution in [0.25, 0.3) is 11.0 Å². The average Bonchev–Trinajstić information content (AvgIpc) is 2.67. The molecule has 5 heteroatoms. The van der Waals surface area contributed by atoms with Crippen molar-refractivity contribution < 1.29 is 4.39 Å². The Morgan fingerprint density at radius 3 is 3.00 bits per heavy atom. The van der Waals surface area contributed by atoms with Crippen LogP contribution in [0.5, 0.6) is 0 Å². The van der Waals surface area contributed by atoms with Crippen LogP contribution in [-0.4, -0.2) is 9.55 Å². The molecule has 0 radical (unpaired) electrons. The van der Waals surface area contributed by atoms with Gasteiger partial charge < -0.3 is 9.55 Å². The zero-order chi connectivity index (χ0) is 14.3. The molecule has 1 aliphatic carbocycles. The third-order valence-electron chi connectivity index (χ3n) is 4.30. The highest BCUT2D eigenvalue weighted by Gasteiger charge is 2.20. The lowest BCUT2D eigenvalue weighted by molar-refractivity contribution is 0.258. The van der Waals surface area contributed by atoms with E-state index in [1.54, 1.807) is 6.07 Å². The molecule has 1 N–H and O–H groups in total. The number of nitrogens with zero attached hydrogens (tertiary/aromatic N) is 1. The van der Waals surface area contributed by atoms with Gasteiger partial charge in [-0.3, -0.25) is 0 Å². The highest BCUT2D eigenvalue weighted by molar-refractivity contribution is 14.1. The summed E-state index contributed by atoms with van der Waals surface area (Å²) in [5.74, 6) is 1.29. The van der Waals surface area contributed by atoms with Crippen molar-refractivity contribution in [2.45, 2.75) is 39.2 Å². The van der Waals surface area contributed by atoms with E-state index in [0.29, 0.717) is 14.3 Å². The van der Waals surface area contributed by atoms with Gasteiger partial charge >= 0.3 is 0 Å². The zero-order valence-corrected chi connectivity index (χ0v) is 14.4. The summed E-state index contributed by atoms with van der Waals surface area (Å²) in [6, 6.07) is 3.44. The third-order valence-corrected chi connectivity index (χ3v) is 5.45. The summed E-state index contributed by atoms with van der Waals surface area (Å²) in [6.45, 7) is 3.23. The van der Waals surface area contributed by atoms with Crippen molar-refractivity contribution in [1.82, 2.24) is 9.55 Å². The van der Waals surface area contributed by atoms with Gasteiger partial charge in [0, 0.05) is 12.6 Å². The minimum atomic E-state index is -0.169. The second-order valence-electron chi connectivity index (χ2n) is 5.96. The lowest BCUT2D eigenvalue weighted by Gasteiger charge is -2.27. The number of nitrogens with one attached hydrogen (secondary N) is 1. The lowest BCUT2D eigenvalue weighted by atomic mass is 9.82. The van der Waals surface area contributed by atoms with E-state index < -0.39 is 0 Å². The Morgan fingerprint density at radius 2 is 2.25 bits per heavy atom. The van der Waals surface area contributed by atoms with Crippen molar-refractivity contribution in [3.8, 4) is 0 Å². The van der Waals surface area contributed by atoms with Gasteiger partial charge in [0.15, 0.2) is 4.77 Å². The molecular formula is C15H18FIN2S. The number of imidazole rings is 1. The predicted octanol–water partition coefficient (Wildman–Crippen LogP) is 5.27. The van der Waals surface area contributed by atoms with Gasteiger partial charge in [0.25, 0.3) is 0 Å². The molecular weight excluding hydrogens is 386 g/mol. The molecule has 2 nitrogen and oxygen atoms in total. The Bertz CT molecular complexity index is 691. The molecule has 1 heterocycles. The lowest BCUT2D eigenvalue weighted by Crippen LogP contribution is -2.18. The molecule has 2 aromatic rings. The topological polar surface area (TPSA) is 20.7 Å². The van der Waals surface area contributed by atoms with Crippen LogP contribution in [0.1, 0.15) is 32.6 Å². The highest BCUT2D eigenvalue weighted by atomic mass is 127. The molecule has 1 aromatic carbocycles. The molecule has 0 aliphatic heterocycles. The van der Waals surface area contributed by atoms with E-state index in [-0.39, 0.29) is 5.82 Å². The maximum Gasteiger partial charge on any atom is 0.178 e. The van der Waals surface area contributed by atoms with Crippen molar-refractivity contribution in [2.24, 2.45) is 11.8 Å². The van der Waals surface area contributed by atoms with Crippen molar-refractivity contribution in [2.75, 3.05) is 0 Å². The maximum atomic E-state index is 13.8. The molecule has 20 heavy (non-hydrogen) atoms. The Balaban J connectivity index is 1.96. The minimum absolute atomic E-state index is 0.169. The average molecular weight is 404 g/mol. The number of rotatable bonds is 2. The number of aromatic amines is 1. The largest absolute Gasteiger partial charge is 0.331 e. The molecule has 108 valence electrons. The fraction of sp³-hybridized carbons (Fsp3) is 0.533. The van der Waals surface area contributed by atoms with E-state index in [4.69, 9.17) is 12.2 Å². The van der Waals surface area contributed by atoms with Crippen molar-refractivity contribution in [3.05, 3.63) is 26.3 Å². The summed E-state index contributed by atoms with van der Waals surface area (Å²) < 4.78 is 17.2. The molecule has 0 bridgehead atoms. The molecule has 0 amide bonds. The summed E-state index contributed by atoms with van der Waals surface area (Å²) in [6.07, 6.45) is 5.14. The van der Waals surface area contributed by atoms with Crippen LogP contribution < -0.4 is 0 Å². The van der Waals surface area contributed by atoms with Gasteiger partial charge in [0.1, 0.15) is 5.82 Å². The normalized spacial score (nSPS) is 23.4. The summed E-state index contributed by atoms with van der Waals surface area (Å²) in [5, 5.41) is 0. The first-order valence-electron chi connectivity index (χ1n) is 7.12. The maximum absolute atomic E-state index is 13.8. The summed E-state index contributed by atoms with van der Waals surface area (Å²) >= 11 is 7.43. The quantitative estimate of drug-likeness (QED) is 0.534. The minimum Gasteiger partial charge on any atom is -0.331 e. The van der Waals surface area contributed by atoms with Gasteiger partial charge in [-0.25, -0.2) is 4.39 Å². The molecule has 1 saturated carbocycles. The standard InChI is InChI=1S/C15H18FIN2S/c1-9-3-2-4-10(5-9)8-19-14-6-11(16)12(17)7-13(14)18-15(19)20/h6-7,9-10H,2-5,8H2,1H3,(H,18,20). The van der Waals surface area contributed by atoms with Gasteiger partial charge in [0.2, 0.25) is 0 Å². The first-order chi connectivity index (χ1) is 9.54. The van der Waals surface area contributed by atoms with Crippen LogP contribution in [0.4, 0.5) is 4.39 Å². The van der Waals surface area contributed by atoms with Crippen LogP contribution >= 0.6 is 34.8 Å². The highest BCUT2D eigenvalue weighted by Crippen LogP contribution is 2.31. The second-order valence-corrected chi connectivity index (χ2v) is 7.51. The van der Waals surface area contributed by atoms with Crippen molar-refractivity contribution in [1.29, 1.82) is 0 Å². The number of halogens is 2. The summed E-state index contributed by atoms with van der Waals surface area (Å²) in [5.41, 5.74) is 1.83. The third kappa shape index (κ3) is 2.79. The number of benzene rings is 1. The van der Waals surface area contributed by atoms with Crippen LogP contribution in [-0.2, 0) is 6.54 Å². The van der Waals surface area contributed by atoms with E-state index in [2.05, 4.69) is 16.5 Å². The van der Waals surface area contributed by atoms with Crippen LogP contribution in [0.15, 0.2) is 12.1 Å². The van der Waals surface area contributed by atoms with Gasteiger partial charge in [-0.15, -0.1) is 0 Å². The zero-order valence-electron chi connectivity index (χ0n) is 11.5. The molecule has 0 saturated heterocycles. The van der Waals surface area contributed by atoms with Gasteiger partial charge in [-0.2, -0.15) is 0 Å². The second kappa shape index (κ2) is 5.75. The SMILES string of the molecule is CC1CCCC(Cn2c(=S)[nH]c3cc(I)c(F)cc32)C1. The Morgan fingerprint density at radius 1 is 1.45 bits per heavy atom. The number of fused-ring (bicyclic) bond motifs is 1. The van der Waals surface area contributed by atoms with E-state index in [1.165, 1.54) is 25.7 Å². The van der Waals surface area contributed by atoms with Crippen molar-refractivity contribution in [3.63, 3.8) is 0 Å². The first-order valence-corrected chi connectivity index (χ1v) is 8.61. The number of hydrogen-bond donors (Lipinski definition) is 1. The fourth-order valence-electron chi connectivity index (χ4n) is 3.32. The molecule has 1 fully saturated rings. The Labute approximate surface area is 136 Å². The van der Waals surface area contributed by atoms with E-state index in [0.717, 1.165) is 23.5 Å². The van der Waals surface area contributed by atoms with Crippen molar-refractivity contribution >= 4 is 45.8 Å². The Hall–Kier alpha value is -0.430. The van der Waals surface area contributed by atoms with Gasteiger partial charge in [-0.05, 0) is 65.6 Å². The monoisotopic (exact) mass is 404 g/mol. The van der Waals surface area contributed by atoms with Gasteiger partial charge in [-0.1, -0.05) is 19.8 Å². The molecule has 1 aliphatic rings. The first kappa shape index (κ1) is 14.5. The van der Waals surface area contributed by atoms with Crippen LogP contribution in [0.3, 0.4) is 0 Å². The van der Waals surface area contributed by atoms with Crippen LogP contribution in [0, 0.1) is 26.0 Å².